The predicted octanol–water partition coefficient (Wildman–Crippen LogP) is 10.2. The van der Waals surface area contributed by atoms with E-state index in [9.17, 15) is 37.6 Å². The maximum Gasteiger partial charge on any atom is 0.397 e. The van der Waals surface area contributed by atoms with Crippen molar-refractivity contribution in [3.63, 3.8) is 0 Å². The first kappa shape index (κ1) is 56.9. The summed E-state index contributed by atoms with van der Waals surface area (Å²) >= 11 is 0. The molecule has 6 atom stereocenters. The average Bonchev–Trinajstić information content (AvgIpc) is 3.30. The van der Waals surface area contributed by atoms with Crippen molar-refractivity contribution in [2.75, 3.05) is 6.61 Å². The number of nitrogens with one attached hydrogen (secondary N) is 1. The summed E-state index contributed by atoms with van der Waals surface area (Å²) in [5.74, 6) is -2.08. The number of carbonyl (C=O) groups excluding carboxylic acids is 3. The fraction of sp³-hybridized carbons (Fsp3) is 0.712. The van der Waals surface area contributed by atoms with Crippen LogP contribution in [0.15, 0.2) is 60.7 Å². The smallest absolute Gasteiger partial charge is 0.397 e. The van der Waals surface area contributed by atoms with Gasteiger partial charge in [-0.1, -0.05) is 190 Å². The quantitative estimate of drug-likeness (QED) is 0.0283. The van der Waals surface area contributed by atoms with Gasteiger partial charge in [0.05, 0.1) is 6.61 Å². The Labute approximate surface area is 396 Å². The topological polar surface area (TPSA) is 195 Å². The van der Waals surface area contributed by atoms with Gasteiger partial charge < -0.3 is 29.7 Å². The molecule has 66 heavy (non-hydrogen) atoms. The monoisotopic (exact) mass is 946 g/mol. The third-order valence-corrected chi connectivity index (χ3v) is 12.9. The highest BCUT2D eigenvalue weighted by Crippen LogP contribution is 2.28. The van der Waals surface area contributed by atoms with E-state index in [-0.39, 0.29) is 19.3 Å². The molecule has 0 aliphatic carbocycles. The normalized spacial score (nSPS) is 19.0. The number of rotatable bonds is 38. The average molecular weight is 946 g/mol. The van der Waals surface area contributed by atoms with Crippen molar-refractivity contribution in [2.45, 2.75) is 230 Å². The van der Waals surface area contributed by atoms with Crippen molar-refractivity contribution >= 4 is 28.2 Å². The lowest BCUT2D eigenvalue weighted by molar-refractivity contribution is -0.254. The molecule has 0 spiro atoms. The van der Waals surface area contributed by atoms with E-state index >= 15 is 0 Å². The van der Waals surface area contributed by atoms with Gasteiger partial charge in [0.1, 0.15) is 18.2 Å². The summed E-state index contributed by atoms with van der Waals surface area (Å²) in [7, 11) is -5.19. The Morgan fingerprint density at radius 1 is 0.621 bits per heavy atom. The molecule has 2 aromatic carbocycles. The Kier molecular flexibility index (Phi) is 30.0. The second-order valence-electron chi connectivity index (χ2n) is 18.1. The molecule has 4 N–H and O–H groups in total. The third-order valence-electron chi connectivity index (χ3n) is 12.4. The molecule has 0 bridgehead atoms. The zero-order valence-electron chi connectivity index (χ0n) is 39.9. The van der Waals surface area contributed by atoms with Gasteiger partial charge in [-0.25, -0.2) is 4.18 Å². The summed E-state index contributed by atoms with van der Waals surface area (Å²) in [6.45, 7) is 1.33. The number of aliphatic hydroxyl groups excluding tert-OH is 2. The van der Waals surface area contributed by atoms with Crippen molar-refractivity contribution in [3.05, 3.63) is 71.8 Å². The molecule has 14 heteroatoms. The Balaban J connectivity index is 1.56. The highest BCUT2D eigenvalue weighted by molar-refractivity contribution is 7.80. The highest BCUT2D eigenvalue weighted by atomic mass is 32.3. The SMILES string of the molecule is CCCCCCCCCCCCC(OC(=O)CCCCCCCCCc1ccccc1)C(=O)N[C@H]1C(O)O[C@H](CO)[C@@H](OS(=O)(=O)O)[C@@H]1OC(=O)CCCCCCCCCc1ccccc1. The number of hydrogen-bond acceptors (Lipinski definition) is 11. The van der Waals surface area contributed by atoms with Gasteiger partial charge in [0.2, 0.25) is 0 Å². The highest BCUT2D eigenvalue weighted by Gasteiger charge is 2.51. The van der Waals surface area contributed by atoms with E-state index in [1.165, 1.54) is 43.2 Å². The van der Waals surface area contributed by atoms with Gasteiger partial charge in [-0.05, 0) is 62.5 Å². The van der Waals surface area contributed by atoms with E-state index in [0.717, 1.165) is 116 Å². The van der Waals surface area contributed by atoms with Crippen molar-refractivity contribution < 1.29 is 56.0 Å². The second kappa shape index (κ2) is 34.8. The first-order chi connectivity index (χ1) is 32.0. The van der Waals surface area contributed by atoms with Crippen LogP contribution in [0.1, 0.15) is 191 Å². The lowest BCUT2D eigenvalue weighted by Crippen LogP contribution is -2.67. The molecule has 13 nitrogen and oxygen atoms in total. The number of carbonyl (C=O) groups is 3. The van der Waals surface area contributed by atoms with Crippen LogP contribution in [0.5, 0.6) is 0 Å². The molecule has 3 rings (SSSR count). The molecule has 2 unspecified atom stereocenters. The van der Waals surface area contributed by atoms with Gasteiger partial charge in [-0.15, -0.1) is 0 Å². The van der Waals surface area contributed by atoms with Crippen LogP contribution in [0, 0.1) is 0 Å². The van der Waals surface area contributed by atoms with Crippen molar-refractivity contribution in [1.82, 2.24) is 5.32 Å². The number of benzene rings is 2. The summed E-state index contributed by atoms with van der Waals surface area (Å²) in [5.41, 5.74) is 2.67. The van der Waals surface area contributed by atoms with E-state index in [4.69, 9.17) is 18.4 Å². The fourth-order valence-corrected chi connectivity index (χ4v) is 9.13. The molecule has 2 aromatic rings. The Bertz CT molecular complexity index is 1680. The molecular formula is C52H83NO12S. The summed E-state index contributed by atoms with van der Waals surface area (Å²) in [6.07, 6.45) is 18.1. The molecule has 1 amide bonds. The van der Waals surface area contributed by atoms with Gasteiger partial charge >= 0.3 is 22.3 Å². The van der Waals surface area contributed by atoms with E-state index in [2.05, 4.69) is 48.6 Å². The molecule has 1 fully saturated rings. The number of unbranched alkanes of at least 4 members (excludes halogenated alkanes) is 21. The first-order valence-corrected chi connectivity index (χ1v) is 26.7. The van der Waals surface area contributed by atoms with E-state index < -0.39 is 71.6 Å². The molecule has 1 aliphatic heterocycles. The summed E-state index contributed by atoms with van der Waals surface area (Å²) in [6, 6.07) is 19.2. The van der Waals surface area contributed by atoms with Crippen LogP contribution in [-0.2, 0) is 56.0 Å². The van der Waals surface area contributed by atoms with E-state index in [1.54, 1.807) is 0 Å². The Hall–Kier alpha value is -3.40. The first-order valence-electron chi connectivity index (χ1n) is 25.4. The van der Waals surface area contributed by atoms with Gasteiger partial charge in [0.25, 0.3) is 5.91 Å². The molecule has 1 saturated heterocycles. The Morgan fingerprint density at radius 3 is 1.53 bits per heavy atom. The van der Waals surface area contributed by atoms with Crippen LogP contribution < -0.4 is 5.32 Å². The third kappa shape index (κ3) is 25.7. The van der Waals surface area contributed by atoms with Gasteiger partial charge in [0, 0.05) is 12.8 Å². The van der Waals surface area contributed by atoms with Crippen LogP contribution in [0.2, 0.25) is 0 Å². The molecule has 1 aliphatic rings. The predicted molar refractivity (Wildman–Crippen MR) is 257 cm³/mol. The van der Waals surface area contributed by atoms with Crippen molar-refractivity contribution in [3.8, 4) is 0 Å². The number of aliphatic hydroxyl groups is 2. The molecule has 0 saturated carbocycles. The number of ether oxygens (including phenoxy) is 3. The molecule has 374 valence electrons. The Morgan fingerprint density at radius 2 is 1.06 bits per heavy atom. The molecule has 0 aromatic heterocycles. The number of aryl methyl sites for hydroxylation is 2. The van der Waals surface area contributed by atoms with Crippen LogP contribution in [0.3, 0.4) is 0 Å². The molecule has 0 radical (unpaired) electrons. The van der Waals surface area contributed by atoms with Gasteiger partial charge in [-0.2, -0.15) is 8.42 Å². The summed E-state index contributed by atoms with van der Waals surface area (Å²) in [4.78, 5) is 40.5. The van der Waals surface area contributed by atoms with Gasteiger partial charge in [0.15, 0.2) is 18.5 Å². The van der Waals surface area contributed by atoms with Crippen molar-refractivity contribution in [2.24, 2.45) is 0 Å². The zero-order valence-corrected chi connectivity index (χ0v) is 40.7. The largest absolute Gasteiger partial charge is 0.457 e. The minimum atomic E-state index is -5.19. The molecular weight excluding hydrogens is 863 g/mol. The summed E-state index contributed by atoms with van der Waals surface area (Å²) in [5, 5.41) is 23.8. The van der Waals surface area contributed by atoms with E-state index in [0.29, 0.717) is 19.3 Å². The van der Waals surface area contributed by atoms with Gasteiger partial charge in [-0.3, -0.25) is 18.9 Å². The summed E-state index contributed by atoms with van der Waals surface area (Å²) < 4.78 is 55.5. The maximum absolute atomic E-state index is 14.0. The van der Waals surface area contributed by atoms with Crippen LogP contribution in [0.25, 0.3) is 0 Å². The number of amides is 1. The second-order valence-corrected chi connectivity index (χ2v) is 19.1. The minimum absolute atomic E-state index is 0.0439. The minimum Gasteiger partial charge on any atom is -0.457 e. The van der Waals surface area contributed by atoms with Crippen LogP contribution in [0.4, 0.5) is 0 Å². The zero-order chi connectivity index (χ0) is 47.7. The number of hydrogen-bond donors (Lipinski definition) is 4. The van der Waals surface area contributed by atoms with Crippen molar-refractivity contribution in [1.29, 1.82) is 0 Å². The van der Waals surface area contributed by atoms with E-state index in [1.807, 2.05) is 24.3 Å². The van der Waals surface area contributed by atoms with Crippen LogP contribution in [-0.4, -0.2) is 84.4 Å². The number of esters is 2. The standard InChI is InChI=1S/C52H83NO12S/c1-2-3-4-5-6-7-8-13-18-29-38-44(62-46(55)39-30-19-14-9-11-16-23-32-42-34-25-21-26-35-42)51(57)53-48-50(49(65-66(59,60)61)45(41-54)63-52(48)58)64-47(56)40-31-20-15-10-12-17-24-33-43-36-27-22-28-37-43/h21-22,25-28,34-37,44-45,48-50,52,54,58H,2-20,23-24,29-33,38-41H2,1H3,(H,53,57)(H,59,60,61)/t44?,45-,48-,49-,50-,52?/m1/s1. The lowest BCUT2D eigenvalue weighted by Gasteiger charge is -2.43. The fourth-order valence-electron chi connectivity index (χ4n) is 8.62. The lowest BCUT2D eigenvalue weighted by atomic mass is 9.96. The van der Waals surface area contributed by atoms with Crippen LogP contribution >= 0.6 is 0 Å². The molecule has 1 heterocycles. The maximum atomic E-state index is 14.0.